The van der Waals surface area contributed by atoms with E-state index in [1.165, 1.54) is 11.6 Å². The highest BCUT2D eigenvalue weighted by molar-refractivity contribution is 9.10. The molecule has 0 spiro atoms. The SMILES string of the molecule is Cc1cc(NC2CC(c3cccc(Br)c3)C2)ccc1F. The second-order valence-corrected chi connectivity index (χ2v) is 6.44. The fourth-order valence-electron chi connectivity index (χ4n) is 2.74. The number of aryl methyl sites for hydroxylation is 1. The smallest absolute Gasteiger partial charge is 0.126 e. The largest absolute Gasteiger partial charge is 0.382 e. The van der Waals surface area contributed by atoms with E-state index in [1.54, 1.807) is 6.92 Å². The molecule has 2 aromatic rings. The van der Waals surface area contributed by atoms with Crippen LogP contribution in [0.3, 0.4) is 0 Å². The maximum Gasteiger partial charge on any atom is 0.126 e. The Morgan fingerprint density at radius 3 is 2.65 bits per heavy atom. The Labute approximate surface area is 127 Å². The minimum absolute atomic E-state index is 0.142. The number of anilines is 1. The molecule has 20 heavy (non-hydrogen) atoms. The van der Waals surface area contributed by atoms with Gasteiger partial charge >= 0.3 is 0 Å². The first-order chi connectivity index (χ1) is 9.61. The number of halogens is 2. The molecular weight excluding hydrogens is 317 g/mol. The molecule has 0 aromatic heterocycles. The minimum Gasteiger partial charge on any atom is -0.382 e. The molecule has 1 aliphatic rings. The standard InChI is InChI=1S/C17H17BrFN/c1-11-7-15(5-6-17(11)19)20-16-9-13(10-16)12-3-2-4-14(18)8-12/h2-8,13,16,20H,9-10H2,1H3. The summed E-state index contributed by atoms with van der Waals surface area (Å²) >= 11 is 3.52. The zero-order chi connectivity index (χ0) is 14.1. The zero-order valence-electron chi connectivity index (χ0n) is 11.4. The molecule has 0 saturated heterocycles. The number of hydrogen-bond acceptors (Lipinski definition) is 1. The molecule has 0 heterocycles. The van der Waals surface area contributed by atoms with Crippen LogP contribution in [0, 0.1) is 12.7 Å². The summed E-state index contributed by atoms with van der Waals surface area (Å²) in [5, 5.41) is 3.48. The summed E-state index contributed by atoms with van der Waals surface area (Å²) < 4.78 is 14.4. The van der Waals surface area contributed by atoms with Gasteiger partial charge in [0.2, 0.25) is 0 Å². The van der Waals surface area contributed by atoms with Gasteiger partial charge in [0.05, 0.1) is 0 Å². The molecule has 0 bridgehead atoms. The maximum atomic E-state index is 13.2. The van der Waals surface area contributed by atoms with Gasteiger partial charge in [0, 0.05) is 16.2 Å². The molecule has 0 amide bonds. The van der Waals surface area contributed by atoms with Crippen LogP contribution < -0.4 is 5.32 Å². The third-order valence-corrected chi connectivity index (χ3v) is 4.48. The Bertz CT molecular complexity index is 620. The van der Waals surface area contributed by atoms with E-state index in [0.717, 1.165) is 23.0 Å². The predicted molar refractivity (Wildman–Crippen MR) is 84.7 cm³/mol. The molecule has 0 unspecified atom stereocenters. The first-order valence-electron chi connectivity index (χ1n) is 6.90. The van der Waals surface area contributed by atoms with Crippen molar-refractivity contribution in [1.82, 2.24) is 0 Å². The molecular formula is C17H17BrFN. The minimum atomic E-state index is -0.142. The van der Waals surface area contributed by atoms with Gasteiger partial charge < -0.3 is 5.32 Å². The van der Waals surface area contributed by atoms with E-state index in [2.05, 4.69) is 45.5 Å². The average Bonchev–Trinajstić information content (AvgIpc) is 2.37. The van der Waals surface area contributed by atoms with Gasteiger partial charge in [-0.05, 0) is 67.1 Å². The van der Waals surface area contributed by atoms with Crippen LogP contribution in [-0.4, -0.2) is 6.04 Å². The molecule has 1 fully saturated rings. The highest BCUT2D eigenvalue weighted by atomic mass is 79.9. The van der Waals surface area contributed by atoms with Crippen molar-refractivity contribution in [1.29, 1.82) is 0 Å². The van der Waals surface area contributed by atoms with Crippen molar-refractivity contribution in [3.8, 4) is 0 Å². The van der Waals surface area contributed by atoms with Gasteiger partial charge in [0.1, 0.15) is 5.82 Å². The third-order valence-electron chi connectivity index (χ3n) is 3.99. The van der Waals surface area contributed by atoms with Crippen LogP contribution in [-0.2, 0) is 0 Å². The van der Waals surface area contributed by atoms with Crippen molar-refractivity contribution >= 4 is 21.6 Å². The van der Waals surface area contributed by atoms with Gasteiger partial charge in [0.15, 0.2) is 0 Å². The van der Waals surface area contributed by atoms with E-state index < -0.39 is 0 Å². The van der Waals surface area contributed by atoms with E-state index in [1.807, 2.05) is 12.1 Å². The van der Waals surface area contributed by atoms with E-state index in [4.69, 9.17) is 0 Å². The Morgan fingerprint density at radius 2 is 1.95 bits per heavy atom. The number of nitrogens with one attached hydrogen (secondary N) is 1. The topological polar surface area (TPSA) is 12.0 Å². The third kappa shape index (κ3) is 2.88. The lowest BCUT2D eigenvalue weighted by Gasteiger charge is -2.37. The van der Waals surface area contributed by atoms with Gasteiger partial charge in [-0.1, -0.05) is 28.1 Å². The van der Waals surface area contributed by atoms with E-state index in [-0.39, 0.29) is 5.82 Å². The first kappa shape index (κ1) is 13.6. The fraction of sp³-hybridized carbons (Fsp3) is 0.294. The Balaban J connectivity index is 1.59. The van der Waals surface area contributed by atoms with Crippen molar-refractivity contribution in [2.24, 2.45) is 0 Å². The summed E-state index contributed by atoms with van der Waals surface area (Å²) in [6.07, 6.45) is 2.26. The molecule has 1 nitrogen and oxygen atoms in total. The van der Waals surface area contributed by atoms with Gasteiger partial charge in [-0.25, -0.2) is 4.39 Å². The monoisotopic (exact) mass is 333 g/mol. The van der Waals surface area contributed by atoms with Crippen molar-refractivity contribution < 1.29 is 4.39 Å². The highest BCUT2D eigenvalue weighted by Gasteiger charge is 2.30. The summed E-state index contributed by atoms with van der Waals surface area (Å²) in [7, 11) is 0. The van der Waals surface area contributed by atoms with Crippen molar-refractivity contribution in [2.45, 2.75) is 31.7 Å². The van der Waals surface area contributed by atoms with Gasteiger partial charge in [0.25, 0.3) is 0 Å². The lowest BCUT2D eigenvalue weighted by Crippen LogP contribution is -2.34. The quantitative estimate of drug-likeness (QED) is 0.808. The second kappa shape index (κ2) is 5.57. The Hall–Kier alpha value is -1.35. The van der Waals surface area contributed by atoms with E-state index in [0.29, 0.717) is 17.5 Å². The zero-order valence-corrected chi connectivity index (χ0v) is 13.0. The lowest BCUT2D eigenvalue weighted by atomic mass is 9.76. The fourth-order valence-corrected chi connectivity index (χ4v) is 3.16. The number of rotatable bonds is 3. The Morgan fingerprint density at radius 1 is 1.15 bits per heavy atom. The molecule has 2 aromatic carbocycles. The first-order valence-corrected chi connectivity index (χ1v) is 7.69. The molecule has 1 N–H and O–H groups in total. The van der Waals surface area contributed by atoms with Crippen LogP contribution in [0.5, 0.6) is 0 Å². The molecule has 3 heteroatoms. The van der Waals surface area contributed by atoms with Gasteiger partial charge in [-0.15, -0.1) is 0 Å². The Kier molecular flexibility index (Phi) is 3.79. The van der Waals surface area contributed by atoms with E-state index in [9.17, 15) is 4.39 Å². The van der Waals surface area contributed by atoms with Crippen LogP contribution in [0.25, 0.3) is 0 Å². The molecule has 1 aliphatic carbocycles. The molecule has 0 radical (unpaired) electrons. The normalized spacial score (nSPS) is 21.4. The highest BCUT2D eigenvalue weighted by Crippen LogP contribution is 2.39. The number of hydrogen-bond donors (Lipinski definition) is 1. The molecule has 0 atom stereocenters. The predicted octanol–water partition coefficient (Wildman–Crippen LogP) is 5.25. The second-order valence-electron chi connectivity index (χ2n) is 5.53. The lowest BCUT2D eigenvalue weighted by molar-refractivity contribution is 0.374. The van der Waals surface area contributed by atoms with Crippen molar-refractivity contribution in [3.05, 3.63) is 63.9 Å². The van der Waals surface area contributed by atoms with Crippen LogP contribution in [0.2, 0.25) is 0 Å². The summed E-state index contributed by atoms with van der Waals surface area (Å²) in [6.45, 7) is 1.80. The summed E-state index contributed by atoms with van der Waals surface area (Å²) in [4.78, 5) is 0. The number of benzene rings is 2. The molecule has 104 valence electrons. The van der Waals surface area contributed by atoms with Crippen LogP contribution >= 0.6 is 15.9 Å². The average molecular weight is 334 g/mol. The molecule has 0 aliphatic heterocycles. The van der Waals surface area contributed by atoms with Crippen LogP contribution in [0.4, 0.5) is 10.1 Å². The summed E-state index contributed by atoms with van der Waals surface area (Å²) in [6, 6.07) is 14.2. The van der Waals surface area contributed by atoms with Crippen LogP contribution in [0.1, 0.15) is 29.9 Å². The van der Waals surface area contributed by atoms with Crippen molar-refractivity contribution in [2.75, 3.05) is 5.32 Å². The van der Waals surface area contributed by atoms with Crippen molar-refractivity contribution in [3.63, 3.8) is 0 Å². The molecule has 1 saturated carbocycles. The van der Waals surface area contributed by atoms with Crippen LogP contribution in [0.15, 0.2) is 46.9 Å². The summed E-state index contributed by atoms with van der Waals surface area (Å²) in [5.41, 5.74) is 3.10. The summed E-state index contributed by atoms with van der Waals surface area (Å²) in [5.74, 6) is 0.489. The maximum absolute atomic E-state index is 13.2. The van der Waals surface area contributed by atoms with E-state index >= 15 is 0 Å². The molecule has 3 rings (SSSR count). The van der Waals surface area contributed by atoms with Gasteiger partial charge in [-0.2, -0.15) is 0 Å². The van der Waals surface area contributed by atoms with Gasteiger partial charge in [-0.3, -0.25) is 0 Å².